The second-order valence-electron chi connectivity index (χ2n) is 8.89. The van der Waals surface area contributed by atoms with Gasteiger partial charge in [-0.3, -0.25) is 9.78 Å². The fraction of sp³-hybridized carbons (Fsp3) is 0.161. The first-order valence-electron chi connectivity index (χ1n) is 12.2. The highest BCUT2D eigenvalue weighted by Gasteiger charge is 2.22. The SMILES string of the molecule is CCn1cc(CC(=O)NC(Cc2ccccc2)c2ncccc2-c2ccc(Cl)cc2)c2ccccc21. The molecule has 1 amide bonds. The Balaban J connectivity index is 1.47. The highest BCUT2D eigenvalue weighted by Crippen LogP contribution is 2.30. The van der Waals surface area contributed by atoms with E-state index in [4.69, 9.17) is 16.6 Å². The minimum atomic E-state index is -0.286. The molecular weight excluding hydrogens is 466 g/mol. The molecule has 0 bridgehead atoms. The normalized spacial score (nSPS) is 11.9. The monoisotopic (exact) mass is 493 g/mol. The lowest BCUT2D eigenvalue weighted by Gasteiger charge is -2.21. The number of fused-ring (bicyclic) bond motifs is 1. The number of nitrogens with one attached hydrogen (secondary N) is 1. The van der Waals surface area contributed by atoms with Crippen LogP contribution in [0.2, 0.25) is 5.02 Å². The van der Waals surface area contributed by atoms with Gasteiger partial charge in [0, 0.05) is 40.4 Å². The van der Waals surface area contributed by atoms with Crippen LogP contribution in [-0.4, -0.2) is 15.5 Å². The first-order valence-corrected chi connectivity index (χ1v) is 12.6. The van der Waals surface area contributed by atoms with E-state index in [1.165, 1.54) is 0 Å². The summed E-state index contributed by atoms with van der Waals surface area (Å²) in [5, 5.41) is 5.11. The van der Waals surface area contributed by atoms with Crippen molar-refractivity contribution < 1.29 is 4.79 Å². The van der Waals surface area contributed by atoms with Gasteiger partial charge < -0.3 is 9.88 Å². The quantitative estimate of drug-likeness (QED) is 0.252. The predicted molar refractivity (Wildman–Crippen MR) is 147 cm³/mol. The average Bonchev–Trinajstić information content (AvgIpc) is 3.27. The molecule has 0 spiro atoms. The summed E-state index contributed by atoms with van der Waals surface area (Å²) < 4.78 is 2.19. The smallest absolute Gasteiger partial charge is 0.225 e. The van der Waals surface area contributed by atoms with E-state index in [2.05, 4.69) is 47.3 Å². The maximum Gasteiger partial charge on any atom is 0.225 e. The van der Waals surface area contributed by atoms with Crippen LogP contribution in [0.25, 0.3) is 22.0 Å². The molecule has 2 heterocycles. The van der Waals surface area contributed by atoms with E-state index >= 15 is 0 Å². The Kier molecular flexibility index (Phi) is 7.15. The minimum absolute atomic E-state index is 0.0253. The molecule has 4 nitrogen and oxygen atoms in total. The molecule has 0 aliphatic rings. The standard InChI is InChI=1S/C31H28ClN3O/c1-2-35-21-24(26-11-6-7-13-29(26)35)20-30(36)34-28(19-22-9-4-3-5-10-22)31-27(12-8-18-33-31)23-14-16-25(32)17-15-23/h3-18,21,28H,2,19-20H2,1H3,(H,34,36). The number of pyridine rings is 1. The van der Waals surface area contributed by atoms with E-state index in [0.717, 1.165) is 45.4 Å². The summed E-state index contributed by atoms with van der Waals surface area (Å²) in [5.41, 5.74) is 6.16. The molecule has 0 saturated carbocycles. The van der Waals surface area contributed by atoms with Crippen molar-refractivity contribution in [1.29, 1.82) is 0 Å². The number of hydrogen-bond donors (Lipinski definition) is 1. The van der Waals surface area contributed by atoms with E-state index < -0.39 is 0 Å². The van der Waals surface area contributed by atoms with Crippen LogP contribution >= 0.6 is 11.6 Å². The molecule has 3 aromatic carbocycles. The highest BCUT2D eigenvalue weighted by atomic mass is 35.5. The molecule has 0 aliphatic heterocycles. The van der Waals surface area contributed by atoms with Crippen LogP contribution in [0.4, 0.5) is 0 Å². The molecule has 1 N–H and O–H groups in total. The molecule has 1 unspecified atom stereocenters. The fourth-order valence-corrected chi connectivity index (χ4v) is 4.90. The number of rotatable bonds is 8. The third-order valence-corrected chi connectivity index (χ3v) is 6.76. The van der Waals surface area contributed by atoms with Crippen molar-refractivity contribution in [2.75, 3.05) is 0 Å². The Morgan fingerprint density at radius 1 is 0.944 bits per heavy atom. The number of carbonyl (C=O) groups excluding carboxylic acids is 1. The van der Waals surface area contributed by atoms with Crippen LogP contribution in [0, 0.1) is 0 Å². The highest BCUT2D eigenvalue weighted by molar-refractivity contribution is 6.30. The third-order valence-electron chi connectivity index (χ3n) is 6.50. The van der Waals surface area contributed by atoms with Crippen LogP contribution in [0.5, 0.6) is 0 Å². The largest absolute Gasteiger partial charge is 0.347 e. The minimum Gasteiger partial charge on any atom is -0.347 e. The third kappa shape index (κ3) is 5.19. The lowest BCUT2D eigenvalue weighted by Crippen LogP contribution is -2.32. The molecule has 5 rings (SSSR count). The van der Waals surface area contributed by atoms with Crippen LogP contribution in [0.1, 0.15) is 29.8 Å². The second kappa shape index (κ2) is 10.8. The van der Waals surface area contributed by atoms with Crippen molar-refractivity contribution in [2.45, 2.75) is 32.4 Å². The number of halogens is 1. The van der Waals surface area contributed by atoms with Gasteiger partial charge in [0.2, 0.25) is 5.91 Å². The van der Waals surface area contributed by atoms with E-state index in [9.17, 15) is 4.79 Å². The number of amides is 1. The van der Waals surface area contributed by atoms with Gasteiger partial charge in [0.05, 0.1) is 18.2 Å². The van der Waals surface area contributed by atoms with Gasteiger partial charge in [-0.2, -0.15) is 0 Å². The van der Waals surface area contributed by atoms with Crippen molar-refractivity contribution in [3.05, 3.63) is 125 Å². The Bertz CT molecular complexity index is 1480. The van der Waals surface area contributed by atoms with Gasteiger partial charge in [-0.15, -0.1) is 0 Å². The fourth-order valence-electron chi connectivity index (χ4n) is 4.78. The summed E-state index contributed by atoms with van der Waals surface area (Å²) in [6.07, 6.45) is 4.83. The van der Waals surface area contributed by atoms with Gasteiger partial charge in [-0.05, 0) is 54.3 Å². The summed E-state index contributed by atoms with van der Waals surface area (Å²) in [4.78, 5) is 18.2. The Morgan fingerprint density at radius 2 is 1.69 bits per heavy atom. The van der Waals surface area contributed by atoms with Crippen molar-refractivity contribution >= 4 is 28.4 Å². The van der Waals surface area contributed by atoms with E-state index in [1.54, 1.807) is 6.20 Å². The molecule has 36 heavy (non-hydrogen) atoms. The van der Waals surface area contributed by atoms with Crippen molar-refractivity contribution in [3.8, 4) is 11.1 Å². The van der Waals surface area contributed by atoms with Crippen LogP contribution in [-0.2, 0) is 24.2 Å². The number of nitrogens with zero attached hydrogens (tertiary/aromatic N) is 2. The Morgan fingerprint density at radius 3 is 2.47 bits per heavy atom. The van der Waals surface area contributed by atoms with Crippen LogP contribution in [0.3, 0.4) is 0 Å². The van der Waals surface area contributed by atoms with E-state index in [0.29, 0.717) is 17.9 Å². The van der Waals surface area contributed by atoms with Crippen molar-refractivity contribution in [3.63, 3.8) is 0 Å². The number of aryl methyl sites for hydroxylation is 1. The lowest BCUT2D eigenvalue weighted by molar-refractivity contribution is -0.121. The van der Waals surface area contributed by atoms with Gasteiger partial charge in [0.1, 0.15) is 0 Å². The first-order chi connectivity index (χ1) is 17.6. The maximum atomic E-state index is 13.5. The van der Waals surface area contributed by atoms with Crippen molar-refractivity contribution in [1.82, 2.24) is 14.9 Å². The van der Waals surface area contributed by atoms with Crippen molar-refractivity contribution in [2.24, 2.45) is 0 Å². The molecule has 180 valence electrons. The summed E-state index contributed by atoms with van der Waals surface area (Å²) in [5.74, 6) is -0.0253. The number of hydrogen-bond acceptors (Lipinski definition) is 2. The van der Waals surface area contributed by atoms with Crippen LogP contribution < -0.4 is 5.32 Å². The molecule has 1 atom stereocenters. The molecule has 0 aliphatic carbocycles. The number of para-hydroxylation sites is 1. The molecule has 0 fully saturated rings. The lowest BCUT2D eigenvalue weighted by atomic mass is 9.95. The predicted octanol–water partition coefficient (Wildman–Crippen LogP) is 7.02. The molecule has 0 saturated heterocycles. The summed E-state index contributed by atoms with van der Waals surface area (Å²) in [6, 6.07) is 29.9. The molecule has 5 heteroatoms. The first kappa shape index (κ1) is 23.8. The summed E-state index contributed by atoms with van der Waals surface area (Å²) >= 11 is 6.13. The topological polar surface area (TPSA) is 46.9 Å². The van der Waals surface area contributed by atoms with Crippen LogP contribution in [0.15, 0.2) is 103 Å². The number of aromatic nitrogens is 2. The second-order valence-corrected chi connectivity index (χ2v) is 9.32. The summed E-state index contributed by atoms with van der Waals surface area (Å²) in [7, 11) is 0. The molecular formula is C31H28ClN3O. The number of carbonyl (C=O) groups is 1. The Labute approximate surface area is 216 Å². The zero-order chi connectivity index (χ0) is 24.9. The molecule has 0 radical (unpaired) electrons. The van der Waals surface area contributed by atoms with Gasteiger partial charge in [0.25, 0.3) is 0 Å². The van der Waals surface area contributed by atoms with Gasteiger partial charge >= 0.3 is 0 Å². The number of benzene rings is 3. The zero-order valence-electron chi connectivity index (χ0n) is 20.2. The van der Waals surface area contributed by atoms with Gasteiger partial charge in [-0.1, -0.05) is 78.3 Å². The van der Waals surface area contributed by atoms with Gasteiger partial charge in [-0.25, -0.2) is 0 Å². The maximum absolute atomic E-state index is 13.5. The van der Waals surface area contributed by atoms with Gasteiger partial charge in [0.15, 0.2) is 0 Å². The Hall–Kier alpha value is -3.89. The zero-order valence-corrected chi connectivity index (χ0v) is 21.0. The van der Waals surface area contributed by atoms with E-state index in [-0.39, 0.29) is 11.9 Å². The van der Waals surface area contributed by atoms with E-state index in [1.807, 2.05) is 66.7 Å². The molecule has 2 aromatic heterocycles. The molecule has 5 aromatic rings. The summed E-state index contributed by atoms with van der Waals surface area (Å²) in [6.45, 7) is 2.97. The average molecular weight is 494 g/mol.